The van der Waals surface area contributed by atoms with Crippen molar-refractivity contribution in [2.24, 2.45) is 5.73 Å². The molecule has 26 heavy (non-hydrogen) atoms. The van der Waals surface area contributed by atoms with Crippen molar-refractivity contribution in [3.8, 4) is 0 Å². The normalized spacial score (nSPS) is 21.8. The summed E-state index contributed by atoms with van der Waals surface area (Å²) in [5.41, 5.74) is 5.37. The molecular formula is C18H23N3O4S. The highest BCUT2D eigenvalue weighted by Crippen LogP contribution is 2.36. The van der Waals surface area contributed by atoms with E-state index in [9.17, 15) is 14.4 Å². The first-order valence-corrected chi connectivity index (χ1v) is 9.82. The van der Waals surface area contributed by atoms with Crippen molar-refractivity contribution in [1.29, 1.82) is 0 Å². The monoisotopic (exact) mass is 377 g/mol. The SMILES string of the molecule is CC1(C)C[C@@H](n2c(=O)c3c4c(sc3n(CC(N)=O)c2=O)CCC4)CCO1. The topological polar surface area (TPSA) is 96.3 Å². The van der Waals surface area contributed by atoms with E-state index in [1.165, 1.54) is 20.5 Å². The molecule has 1 aliphatic heterocycles. The van der Waals surface area contributed by atoms with E-state index in [4.69, 9.17) is 10.5 Å². The van der Waals surface area contributed by atoms with Gasteiger partial charge in [0.05, 0.1) is 11.0 Å². The fraction of sp³-hybridized carbons (Fsp3) is 0.611. The lowest BCUT2D eigenvalue weighted by Gasteiger charge is -2.36. The lowest BCUT2D eigenvalue weighted by Crippen LogP contribution is -2.47. The summed E-state index contributed by atoms with van der Waals surface area (Å²) in [6, 6.07) is -0.237. The van der Waals surface area contributed by atoms with Gasteiger partial charge < -0.3 is 10.5 Å². The third-order valence-electron chi connectivity index (χ3n) is 5.37. The molecule has 0 unspecified atom stereocenters. The summed E-state index contributed by atoms with van der Waals surface area (Å²) in [5, 5.41) is 0.604. The van der Waals surface area contributed by atoms with E-state index in [0.29, 0.717) is 29.7 Å². The van der Waals surface area contributed by atoms with Gasteiger partial charge in [-0.05, 0) is 51.5 Å². The van der Waals surface area contributed by atoms with Crippen LogP contribution in [0.4, 0.5) is 0 Å². The molecule has 0 saturated carbocycles. The summed E-state index contributed by atoms with van der Waals surface area (Å²) in [6.45, 7) is 4.22. The first kappa shape index (κ1) is 17.5. The van der Waals surface area contributed by atoms with Crippen LogP contribution in [-0.2, 0) is 28.9 Å². The predicted octanol–water partition coefficient (Wildman–Crippen LogP) is 1.33. The van der Waals surface area contributed by atoms with E-state index in [1.807, 2.05) is 13.8 Å². The standard InChI is InChI=1S/C18H23N3O4S/c1-18(2)8-10(6-7-25-18)21-15(23)14-11-4-3-5-12(11)26-16(14)20(17(21)24)9-13(19)22/h10H,3-9H2,1-2H3,(H2,19,22)/t10-/m0/s1. The van der Waals surface area contributed by atoms with Crippen molar-refractivity contribution in [2.75, 3.05) is 6.61 Å². The third kappa shape index (κ3) is 2.72. The lowest BCUT2D eigenvalue weighted by molar-refractivity contribution is -0.118. The van der Waals surface area contributed by atoms with Gasteiger partial charge in [-0.2, -0.15) is 0 Å². The smallest absolute Gasteiger partial charge is 0.332 e. The van der Waals surface area contributed by atoms with E-state index in [1.54, 1.807) is 0 Å². The number of carbonyl (C=O) groups excluding carboxylic acids is 1. The zero-order chi connectivity index (χ0) is 18.6. The lowest BCUT2D eigenvalue weighted by atomic mass is 9.93. The Bertz CT molecular complexity index is 1010. The average molecular weight is 377 g/mol. The van der Waals surface area contributed by atoms with Gasteiger partial charge in [0.15, 0.2) is 0 Å². The van der Waals surface area contributed by atoms with Crippen LogP contribution in [0.2, 0.25) is 0 Å². The number of aryl methyl sites for hydroxylation is 2. The Hall–Kier alpha value is -1.93. The quantitative estimate of drug-likeness (QED) is 0.873. The predicted molar refractivity (Wildman–Crippen MR) is 99.9 cm³/mol. The van der Waals surface area contributed by atoms with Gasteiger partial charge in [0.2, 0.25) is 5.91 Å². The van der Waals surface area contributed by atoms with Gasteiger partial charge in [-0.25, -0.2) is 4.79 Å². The van der Waals surface area contributed by atoms with Crippen molar-refractivity contribution in [3.63, 3.8) is 0 Å². The maximum absolute atomic E-state index is 13.3. The van der Waals surface area contributed by atoms with Gasteiger partial charge in [0, 0.05) is 17.5 Å². The van der Waals surface area contributed by atoms with Crippen LogP contribution in [0.15, 0.2) is 9.59 Å². The highest BCUT2D eigenvalue weighted by Gasteiger charge is 2.33. The van der Waals surface area contributed by atoms with Crippen LogP contribution < -0.4 is 17.0 Å². The van der Waals surface area contributed by atoms with Crippen LogP contribution in [0.1, 0.15) is 49.6 Å². The van der Waals surface area contributed by atoms with Gasteiger partial charge >= 0.3 is 5.69 Å². The number of hydrogen-bond donors (Lipinski definition) is 1. The summed E-state index contributed by atoms with van der Waals surface area (Å²) >= 11 is 1.46. The maximum atomic E-state index is 13.3. The zero-order valence-corrected chi connectivity index (χ0v) is 15.9. The second-order valence-corrected chi connectivity index (χ2v) is 8.89. The van der Waals surface area contributed by atoms with Crippen molar-refractivity contribution in [2.45, 2.75) is 64.1 Å². The van der Waals surface area contributed by atoms with Gasteiger partial charge in [-0.15, -0.1) is 11.3 Å². The number of amides is 1. The number of thiophene rings is 1. The van der Waals surface area contributed by atoms with E-state index in [2.05, 4.69) is 0 Å². The molecule has 1 fully saturated rings. The largest absolute Gasteiger partial charge is 0.375 e. The number of fused-ring (bicyclic) bond motifs is 3. The Morgan fingerprint density at radius 3 is 2.81 bits per heavy atom. The van der Waals surface area contributed by atoms with Crippen LogP contribution in [-0.4, -0.2) is 27.2 Å². The van der Waals surface area contributed by atoms with Gasteiger partial charge in [0.1, 0.15) is 11.4 Å². The van der Waals surface area contributed by atoms with E-state index < -0.39 is 17.2 Å². The Morgan fingerprint density at radius 1 is 1.35 bits per heavy atom. The molecule has 2 aromatic rings. The summed E-state index contributed by atoms with van der Waals surface area (Å²) in [5.74, 6) is -0.584. The minimum Gasteiger partial charge on any atom is -0.375 e. The van der Waals surface area contributed by atoms with Gasteiger partial charge in [-0.3, -0.25) is 18.7 Å². The fourth-order valence-electron chi connectivity index (χ4n) is 4.26. The number of aromatic nitrogens is 2. The number of carbonyl (C=O) groups is 1. The summed E-state index contributed by atoms with van der Waals surface area (Å²) in [7, 11) is 0. The van der Waals surface area contributed by atoms with Crippen molar-refractivity contribution < 1.29 is 9.53 Å². The number of nitrogens with two attached hydrogens (primary N) is 1. The molecule has 1 amide bonds. The highest BCUT2D eigenvalue weighted by molar-refractivity contribution is 7.19. The molecule has 0 spiro atoms. The zero-order valence-electron chi connectivity index (χ0n) is 15.0. The van der Waals surface area contributed by atoms with Crippen molar-refractivity contribution in [3.05, 3.63) is 31.3 Å². The van der Waals surface area contributed by atoms with Crippen LogP contribution in [0.25, 0.3) is 10.2 Å². The van der Waals surface area contributed by atoms with Crippen LogP contribution in [0, 0.1) is 0 Å². The molecule has 3 heterocycles. The second-order valence-electron chi connectivity index (χ2n) is 7.80. The average Bonchev–Trinajstić information content (AvgIpc) is 3.11. The number of rotatable bonds is 3. The molecule has 1 saturated heterocycles. The molecule has 1 atom stereocenters. The molecule has 7 nitrogen and oxygen atoms in total. The Labute approximate surface area is 154 Å². The Kier molecular flexibility index (Phi) is 4.07. The van der Waals surface area contributed by atoms with Gasteiger partial charge in [-0.1, -0.05) is 0 Å². The van der Waals surface area contributed by atoms with E-state index in [-0.39, 0.29) is 18.1 Å². The van der Waals surface area contributed by atoms with Gasteiger partial charge in [0.25, 0.3) is 5.56 Å². The molecule has 2 N–H and O–H groups in total. The minimum atomic E-state index is -0.584. The molecule has 1 aliphatic carbocycles. The van der Waals surface area contributed by atoms with Crippen LogP contribution in [0.5, 0.6) is 0 Å². The molecular weight excluding hydrogens is 354 g/mol. The fourth-order valence-corrected chi connectivity index (χ4v) is 5.63. The summed E-state index contributed by atoms with van der Waals surface area (Å²) < 4.78 is 8.48. The number of ether oxygens (including phenoxy) is 1. The second kappa shape index (κ2) is 6.06. The van der Waals surface area contributed by atoms with Crippen molar-refractivity contribution in [1.82, 2.24) is 9.13 Å². The number of nitrogens with zero attached hydrogens (tertiary/aromatic N) is 2. The first-order chi connectivity index (χ1) is 12.3. The van der Waals surface area contributed by atoms with E-state index >= 15 is 0 Å². The minimum absolute atomic E-state index is 0.207. The molecule has 140 valence electrons. The molecule has 8 heteroatoms. The molecule has 2 aromatic heterocycles. The third-order valence-corrected chi connectivity index (χ3v) is 6.68. The summed E-state index contributed by atoms with van der Waals surface area (Å²) in [4.78, 5) is 39.8. The molecule has 4 rings (SSSR count). The first-order valence-electron chi connectivity index (χ1n) is 9.00. The Morgan fingerprint density at radius 2 is 2.12 bits per heavy atom. The molecule has 0 radical (unpaired) electrons. The Balaban J connectivity index is 1.99. The van der Waals surface area contributed by atoms with Crippen molar-refractivity contribution >= 4 is 27.5 Å². The molecule has 0 bridgehead atoms. The number of hydrogen-bond acceptors (Lipinski definition) is 5. The van der Waals surface area contributed by atoms with Crippen LogP contribution in [0.3, 0.4) is 0 Å². The highest BCUT2D eigenvalue weighted by atomic mass is 32.1. The maximum Gasteiger partial charge on any atom is 0.332 e. The van der Waals surface area contributed by atoms with E-state index in [0.717, 1.165) is 29.7 Å². The molecule has 0 aromatic carbocycles. The summed E-state index contributed by atoms with van der Waals surface area (Å²) in [6.07, 6.45) is 3.97. The van der Waals surface area contributed by atoms with Crippen LogP contribution >= 0.6 is 11.3 Å². The molecule has 2 aliphatic rings. The number of primary amides is 1.